The quantitative estimate of drug-likeness (QED) is 0.780. The predicted molar refractivity (Wildman–Crippen MR) is 121 cm³/mol. The maximum absolute atomic E-state index is 13.0. The van der Waals surface area contributed by atoms with Crippen molar-refractivity contribution in [1.82, 2.24) is 14.5 Å². The van der Waals surface area contributed by atoms with Gasteiger partial charge in [-0.05, 0) is 45.2 Å². The van der Waals surface area contributed by atoms with Crippen molar-refractivity contribution in [2.75, 3.05) is 18.0 Å². The summed E-state index contributed by atoms with van der Waals surface area (Å²) >= 11 is 0. The Morgan fingerprint density at radius 3 is 2.69 bits per heavy atom. The topological polar surface area (TPSA) is 109 Å². The number of hydrogen-bond donors (Lipinski definition) is 1. The van der Waals surface area contributed by atoms with Gasteiger partial charge in [-0.25, -0.2) is 9.59 Å². The van der Waals surface area contributed by atoms with Crippen LogP contribution in [0.1, 0.15) is 44.7 Å². The van der Waals surface area contributed by atoms with Crippen LogP contribution in [0, 0.1) is 11.3 Å². The van der Waals surface area contributed by atoms with Crippen molar-refractivity contribution < 1.29 is 9.53 Å². The monoisotopic (exact) mass is 439 g/mol. The van der Waals surface area contributed by atoms with E-state index in [9.17, 15) is 19.6 Å². The molecule has 0 bridgehead atoms. The van der Waals surface area contributed by atoms with Crippen molar-refractivity contribution >= 4 is 11.9 Å². The summed E-state index contributed by atoms with van der Waals surface area (Å²) in [5.41, 5.74) is -0.294. The molecule has 0 radical (unpaired) electrons. The molecular weight excluding hydrogens is 410 g/mol. The van der Waals surface area contributed by atoms with Crippen LogP contribution in [-0.4, -0.2) is 40.0 Å². The van der Waals surface area contributed by atoms with Crippen LogP contribution in [0.3, 0.4) is 0 Å². The fourth-order valence-corrected chi connectivity index (χ4v) is 3.78. The van der Waals surface area contributed by atoms with Crippen LogP contribution in [-0.2, 0) is 18.3 Å². The number of carbonyl (C=O) groups excluding carboxylic acids is 1. The van der Waals surface area contributed by atoms with Crippen LogP contribution in [0.15, 0.2) is 39.9 Å². The van der Waals surface area contributed by atoms with Gasteiger partial charge in [0.2, 0.25) is 0 Å². The minimum Gasteiger partial charge on any atom is -0.444 e. The van der Waals surface area contributed by atoms with Crippen molar-refractivity contribution in [2.24, 2.45) is 7.05 Å². The molecule has 9 heteroatoms. The molecule has 1 saturated heterocycles. The normalized spacial score (nSPS) is 16.3. The van der Waals surface area contributed by atoms with Crippen LogP contribution in [0.5, 0.6) is 0 Å². The number of nitrogens with one attached hydrogen (secondary N) is 1. The number of anilines is 1. The first-order chi connectivity index (χ1) is 15.1. The van der Waals surface area contributed by atoms with Gasteiger partial charge in [0.1, 0.15) is 11.4 Å². The number of nitrogens with zero attached hydrogens (tertiary/aromatic N) is 4. The van der Waals surface area contributed by atoms with Gasteiger partial charge in [-0.2, -0.15) is 5.26 Å². The summed E-state index contributed by atoms with van der Waals surface area (Å²) in [6.07, 6.45) is 1.05. The van der Waals surface area contributed by atoms with Crippen molar-refractivity contribution in [3.05, 3.63) is 62.3 Å². The van der Waals surface area contributed by atoms with Crippen molar-refractivity contribution in [1.29, 1.82) is 5.26 Å². The predicted octanol–water partition coefficient (Wildman–Crippen LogP) is 1.96. The zero-order valence-electron chi connectivity index (χ0n) is 18.9. The SMILES string of the molecule is Cn1c(=O)cc(N2CCC[C@H](NC(=O)OC(C)(C)C)C2)n(Cc2ccccc2C#N)c1=O. The Kier molecular flexibility index (Phi) is 6.72. The maximum atomic E-state index is 13.0. The summed E-state index contributed by atoms with van der Waals surface area (Å²) in [7, 11) is 1.43. The number of carbonyl (C=O) groups is 1. The van der Waals surface area contributed by atoms with Gasteiger partial charge in [0, 0.05) is 32.2 Å². The Balaban J connectivity index is 1.91. The molecular formula is C23H29N5O4. The Bertz CT molecular complexity index is 1150. The minimum absolute atomic E-state index is 0.159. The van der Waals surface area contributed by atoms with Crippen LogP contribution in [0.4, 0.5) is 10.6 Å². The van der Waals surface area contributed by atoms with Gasteiger partial charge in [-0.15, -0.1) is 0 Å². The Labute approximate surface area is 186 Å². The lowest BCUT2D eigenvalue weighted by molar-refractivity contribution is 0.0500. The van der Waals surface area contributed by atoms with E-state index in [1.807, 2.05) is 11.0 Å². The molecule has 2 heterocycles. The highest BCUT2D eigenvalue weighted by atomic mass is 16.6. The molecule has 1 aliphatic rings. The van der Waals surface area contributed by atoms with E-state index < -0.39 is 22.9 Å². The highest BCUT2D eigenvalue weighted by Crippen LogP contribution is 2.20. The van der Waals surface area contributed by atoms with E-state index in [0.29, 0.717) is 30.0 Å². The van der Waals surface area contributed by atoms with Gasteiger partial charge in [-0.3, -0.25) is 13.9 Å². The second kappa shape index (κ2) is 9.30. The smallest absolute Gasteiger partial charge is 0.407 e. The molecule has 1 aliphatic heterocycles. The summed E-state index contributed by atoms with van der Waals surface area (Å²) in [6, 6.07) is 10.5. The van der Waals surface area contributed by atoms with Crippen LogP contribution >= 0.6 is 0 Å². The largest absolute Gasteiger partial charge is 0.444 e. The highest BCUT2D eigenvalue weighted by Gasteiger charge is 2.26. The number of benzene rings is 1. The molecule has 2 aromatic rings. The second-order valence-electron chi connectivity index (χ2n) is 8.97. The molecule has 1 N–H and O–H groups in total. The van der Waals surface area contributed by atoms with E-state index in [0.717, 1.165) is 17.4 Å². The van der Waals surface area contributed by atoms with Crippen LogP contribution in [0.25, 0.3) is 0 Å². The molecule has 170 valence electrons. The number of amides is 1. The fraction of sp³-hybridized carbons (Fsp3) is 0.478. The zero-order chi connectivity index (χ0) is 23.5. The minimum atomic E-state index is -0.599. The number of aromatic nitrogens is 2. The van der Waals surface area contributed by atoms with Gasteiger partial charge in [0.25, 0.3) is 5.56 Å². The van der Waals surface area contributed by atoms with Crippen molar-refractivity contribution in [3.63, 3.8) is 0 Å². The summed E-state index contributed by atoms with van der Waals surface area (Å²) in [6.45, 7) is 6.64. The third-order valence-corrected chi connectivity index (χ3v) is 5.31. The van der Waals surface area contributed by atoms with E-state index in [1.54, 1.807) is 39.0 Å². The third kappa shape index (κ3) is 5.38. The average molecular weight is 440 g/mol. The van der Waals surface area contributed by atoms with Gasteiger partial charge >= 0.3 is 11.8 Å². The first kappa shape index (κ1) is 23.1. The molecule has 0 spiro atoms. The number of piperidine rings is 1. The Morgan fingerprint density at radius 2 is 2.00 bits per heavy atom. The summed E-state index contributed by atoms with van der Waals surface area (Å²) in [5, 5.41) is 12.3. The average Bonchev–Trinajstić information content (AvgIpc) is 2.73. The Morgan fingerprint density at radius 1 is 1.28 bits per heavy atom. The lowest BCUT2D eigenvalue weighted by Gasteiger charge is -2.36. The number of rotatable bonds is 4. The molecule has 0 aliphatic carbocycles. The third-order valence-electron chi connectivity index (χ3n) is 5.31. The van der Waals surface area contributed by atoms with Crippen LogP contribution in [0.2, 0.25) is 0 Å². The van der Waals surface area contributed by atoms with Gasteiger partial charge < -0.3 is 15.0 Å². The summed E-state index contributed by atoms with van der Waals surface area (Å²) < 4.78 is 7.92. The molecule has 1 aromatic carbocycles. The molecule has 1 fully saturated rings. The van der Waals surface area contributed by atoms with E-state index in [4.69, 9.17) is 4.74 Å². The number of nitriles is 1. The second-order valence-corrected chi connectivity index (χ2v) is 8.97. The van der Waals surface area contributed by atoms with E-state index in [1.165, 1.54) is 17.7 Å². The first-order valence-corrected chi connectivity index (χ1v) is 10.6. The molecule has 32 heavy (non-hydrogen) atoms. The van der Waals surface area contributed by atoms with Gasteiger partial charge in [0.15, 0.2) is 0 Å². The molecule has 3 rings (SSSR count). The standard InChI is InChI=1S/C23H29N5O4/c1-23(2,3)32-21(30)25-18-10-7-11-27(15-18)19-12-20(29)26(4)22(31)28(19)14-17-9-6-5-8-16(17)13-24/h5-6,8-9,12,18H,7,10-11,14-15H2,1-4H3,(H,25,30)/t18-/m0/s1. The Hall–Kier alpha value is -3.54. The molecule has 9 nitrogen and oxygen atoms in total. The van der Waals surface area contributed by atoms with Crippen molar-refractivity contribution in [2.45, 2.75) is 51.8 Å². The van der Waals surface area contributed by atoms with Crippen LogP contribution < -0.4 is 21.5 Å². The molecule has 1 atom stereocenters. The van der Waals surface area contributed by atoms with Gasteiger partial charge in [-0.1, -0.05) is 18.2 Å². The molecule has 0 saturated carbocycles. The fourth-order valence-electron chi connectivity index (χ4n) is 3.78. The lowest BCUT2D eigenvalue weighted by Crippen LogP contribution is -2.51. The van der Waals surface area contributed by atoms with Gasteiger partial charge in [0.05, 0.1) is 18.2 Å². The number of hydrogen-bond acceptors (Lipinski definition) is 6. The van der Waals surface area contributed by atoms with E-state index in [-0.39, 0.29) is 12.6 Å². The highest BCUT2D eigenvalue weighted by molar-refractivity contribution is 5.68. The molecule has 1 amide bonds. The lowest BCUT2D eigenvalue weighted by atomic mass is 10.1. The number of ether oxygens (including phenoxy) is 1. The van der Waals surface area contributed by atoms with Crippen molar-refractivity contribution in [3.8, 4) is 6.07 Å². The maximum Gasteiger partial charge on any atom is 0.407 e. The van der Waals surface area contributed by atoms with E-state index >= 15 is 0 Å². The number of alkyl carbamates (subject to hydrolysis) is 1. The van der Waals surface area contributed by atoms with E-state index in [2.05, 4.69) is 11.4 Å². The zero-order valence-corrected chi connectivity index (χ0v) is 18.9. The first-order valence-electron chi connectivity index (χ1n) is 10.6. The summed E-state index contributed by atoms with van der Waals surface area (Å²) in [5.74, 6) is 0.474. The molecule has 0 unspecified atom stereocenters. The molecule has 1 aromatic heterocycles. The summed E-state index contributed by atoms with van der Waals surface area (Å²) in [4.78, 5) is 39.6.